The van der Waals surface area contributed by atoms with E-state index in [4.69, 9.17) is 0 Å². The fourth-order valence-electron chi connectivity index (χ4n) is 1.52. The maximum atomic E-state index is 12.7. The molecule has 0 bridgehead atoms. The molecule has 1 aliphatic rings. The molecule has 0 saturated heterocycles. The zero-order valence-electron chi connectivity index (χ0n) is 7.24. The summed E-state index contributed by atoms with van der Waals surface area (Å²) in [6.45, 7) is 0. The minimum atomic E-state index is -4.44. The molecule has 1 saturated carbocycles. The van der Waals surface area contributed by atoms with Gasteiger partial charge in [0.2, 0.25) is 0 Å². The van der Waals surface area contributed by atoms with E-state index in [0.29, 0.717) is 6.07 Å². The van der Waals surface area contributed by atoms with Gasteiger partial charge in [0.25, 0.3) is 0 Å². The molecule has 4 heteroatoms. The Morgan fingerprint density at radius 1 is 1.14 bits per heavy atom. The summed E-state index contributed by atoms with van der Waals surface area (Å²) in [4.78, 5) is 0. The lowest BCUT2D eigenvalue weighted by molar-refractivity contribution is -0.138. The number of alkyl halides is 3. The molecule has 0 N–H and O–H groups in total. The number of rotatable bonds is 1. The van der Waals surface area contributed by atoms with E-state index in [0.717, 1.165) is 18.9 Å². The third-order valence-electron chi connectivity index (χ3n) is 2.34. The summed E-state index contributed by atoms with van der Waals surface area (Å²) < 4.78 is 50.0. The highest BCUT2D eigenvalue weighted by Crippen LogP contribution is 2.45. The maximum Gasteiger partial charge on any atom is 0.416 e. The molecule has 0 aliphatic heterocycles. The van der Waals surface area contributed by atoms with Gasteiger partial charge in [-0.3, -0.25) is 0 Å². The van der Waals surface area contributed by atoms with Crippen molar-refractivity contribution in [1.29, 1.82) is 0 Å². The van der Waals surface area contributed by atoms with Crippen LogP contribution in [0.2, 0.25) is 0 Å². The van der Waals surface area contributed by atoms with Crippen LogP contribution in [0.5, 0.6) is 0 Å². The van der Waals surface area contributed by atoms with Crippen molar-refractivity contribution in [2.45, 2.75) is 24.9 Å². The van der Waals surface area contributed by atoms with E-state index in [9.17, 15) is 17.6 Å². The van der Waals surface area contributed by atoms with Gasteiger partial charge in [-0.2, -0.15) is 13.2 Å². The monoisotopic (exact) mass is 204 g/mol. The van der Waals surface area contributed by atoms with Crippen LogP contribution < -0.4 is 0 Å². The molecule has 1 aromatic rings. The van der Waals surface area contributed by atoms with Crippen molar-refractivity contribution in [3.8, 4) is 0 Å². The largest absolute Gasteiger partial charge is 0.416 e. The molecule has 0 spiro atoms. The molecule has 0 heterocycles. The van der Waals surface area contributed by atoms with E-state index in [-0.39, 0.29) is 11.5 Å². The van der Waals surface area contributed by atoms with Gasteiger partial charge in [0.15, 0.2) is 0 Å². The molecule has 0 nitrogen and oxygen atoms in total. The SMILES string of the molecule is Fc1ccc(C2CC2)c(C(F)(F)F)c1. The van der Waals surface area contributed by atoms with E-state index >= 15 is 0 Å². The van der Waals surface area contributed by atoms with Crippen LogP contribution in [0.4, 0.5) is 17.6 Å². The average Bonchev–Trinajstić information content (AvgIpc) is 2.85. The highest BCUT2D eigenvalue weighted by molar-refractivity contribution is 5.35. The number of hydrogen-bond acceptors (Lipinski definition) is 0. The Kier molecular flexibility index (Phi) is 2.01. The molecule has 1 fully saturated rings. The minimum Gasteiger partial charge on any atom is -0.207 e. The van der Waals surface area contributed by atoms with Crippen LogP contribution in [0.15, 0.2) is 18.2 Å². The summed E-state index contributed by atoms with van der Waals surface area (Å²) >= 11 is 0. The second kappa shape index (κ2) is 2.97. The van der Waals surface area contributed by atoms with Gasteiger partial charge in [0, 0.05) is 0 Å². The molecule has 2 rings (SSSR count). The van der Waals surface area contributed by atoms with Crippen LogP contribution in [0.25, 0.3) is 0 Å². The average molecular weight is 204 g/mol. The quantitative estimate of drug-likeness (QED) is 0.611. The molecule has 0 unspecified atom stereocenters. The molecule has 0 amide bonds. The summed E-state index contributed by atoms with van der Waals surface area (Å²) in [5.74, 6) is -0.853. The Labute approximate surface area is 78.5 Å². The second-order valence-corrected chi connectivity index (χ2v) is 3.50. The van der Waals surface area contributed by atoms with Gasteiger partial charge in [0.05, 0.1) is 5.56 Å². The smallest absolute Gasteiger partial charge is 0.207 e. The number of halogens is 4. The van der Waals surface area contributed by atoms with Gasteiger partial charge < -0.3 is 0 Å². The Morgan fingerprint density at radius 2 is 1.79 bits per heavy atom. The lowest BCUT2D eigenvalue weighted by Crippen LogP contribution is -2.09. The highest BCUT2D eigenvalue weighted by Gasteiger charge is 2.38. The lowest BCUT2D eigenvalue weighted by atomic mass is 10.0. The van der Waals surface area contributed by atoms with Crippen LogP contribution in [0.1, 0.15) is 29.9 Å². The fraction of sp³-hybridized carbons (Fsp3) is 0.400. The van der Waals surface area contributed by atoms with E-state index in [1.54, 1.807) is 0 Å². The molecule has 0 atom stereocenters. The summed E-state index contributed by atoms with van der Waals surface area (Å²) in [7, 11) is 0. The molecule has 1 aromatic carbocycles. The maximum absolute atomic E-state index is 12.7. The van der Waals surface area contributed by atoms with Crippen molar-refractivity contribution in [3.63, 3.8) is 0 Å². The Hall–Kier alpha value is -1.06. The number of hydrogen-bond donors (Lipinski definition) is 0. The van der Waals surface area contributed by atoms with Gasteiger partial charge >= 0.3 is 6.18 Å². The van der Waals surface area contributed by atoms with Crippen molar-refractivity contribution in [3.05, 3.63) is 35.1 Å². The van der Waals surface area contributed by atoms with Crippen LogP contribution in [-0.4, -0.2) is 0 Å². The normalized spacial score (nSPS) is 17.1. The van der Waals surface area contributed by atoms with Crippen molar-refractivity contribution in [2.75, 3.05) is 0 Å². The van der Waals surface area contributed by atoms with Crippen molar-refractivity contribution < 1.29 is 17.6 Å². The van der Waals surface area contributed by atoms with E-state index < -0.39 is 17.6 Å². The Bertz CT molecular complexity index is 350. The van der Waals surface area contributed by atoms with Crippen LogP contribution >= 0.6 is 0 Å². The third-order valence-corrected chi connectivity index (χ3v) is 2.34. The Morgan fingerprint density at radius 3 is 2.29 bits per heavy atom. The van der Waals surface area contributed by atoms with Gasteiger partial charge in [-0.25, -0.2) is 4.39 Å². The van der Waals surface area contributed by atoms with Crippen molar-refractivity contribution >= 4 is 0 Å². The predicted molar refractivity (Wildman–Crippen MR) is 43.4 cm³/mol. The molecular formula is C10H8F4. The zero-order chi connectivity index (χ0) is 10.3. The summed E-state index contributed by atoms with van der Waals surface area (Å²) in [5.41, 5.74) is -0.584. The topological polar surface area (TPSA) is 0 Å². The lowest BCUT2D eigenvalue weighted by Gasteiger charge is -2.11. The highest BCUT2D eigenvalue weighted by atomic mass is 19.4. The van der Waals surface area contributed by atoms with E-state index in [2.05, 4.69) is 0 Å². The van der Waals surface area contributed by atoms with Gasteiger partial charge in [-0.15, -0.1) is 0 Å². The van der Waals surface area contributed by atoms with Crippen LogP contribution in [-0.2, 0) is 6.18 Å². The summed E-state index contributed by atoms with van der Waals surface area (Å²) in [5, 5.41) is 0. The van der Waals surface area contributed by atoms with Gasteiger partial charge in [-0.05, 0) is 36.5 Å². The molecular weight excluding hydrogens is 196 g/mol. The first kappa shape index (κ1) is 9.49. The summed E-state index contributed by atoms with van der Waals surface area (Å²) in [6.07, 6.45) is -2.90. The predicted octanol–water partition coefficient (Wildman–Crippen LogP) is 3.72. The second-order valence-electron chi connectivity index (χ2n) is 3.50. The zero-order valence-corrected chi connectivity index (χ0v) is 7.24. The molecule has 76 valence electrons. The molecule has 0 radical (unpaired) electrons. The molecule has 0 aromatic heterocycles. The van der Waals surface area contributed by atoms with Gasteiger partial charge in [-0.1, -0.05) is 6.07 Å². The number of benzene rings is 1. The first-order valence-corrected chi connectivity index (χ1v) is 4.35. The van der Waals surface area contributed by atoms with Crippen molar-refractivity contribution in [2.24, 2.45) is 0 Å². The third kappa shape index (κ3) is 1.74. The minimum absolute atomic E-state index is 0.0211. The van der Waals surface area contributed by atoms with Crippen LogP contribution in [0.3, 0.4) is 0 Å². The molecule has 1 aliphatic carbocycles. The first-order valence-electron chi connectivity index (χ1n) is 4.35. The standard InChI is InChI=1S/C10H8F4/c11-7-3-4-8(6-1-2-6)9(5-7)10(12,13)14/h3-6H,1-2H2. The van der Waals surface area contributed by atoms with E-state index in [1.165, 1.54) is 6.07 Å². The van der Waals surface area contributed by atoms with Crippen LogP contribution in [0, 0.1) is 5.82 Å². The summed E-state index contributed by atoms with van der Waals surface area (Å²) in [6, 6.07) is 2.91. The molecule has 14 heavy (non-hydrogen) atoms. The first-order chi connectivity index (χ1) is 6.48. The van der Waals surface area contributed by atoms with Crippen molar-refractivity contribution in [1.82, 2.24) is 0 Å². The Balaban J connectivity index is 2.48. The van der Waals surface area contributed by atoms with Gasteiger partial charge in [0.1, 0.15) is 5.82 Å². The van der Waals surface area contributed by atoms with E-state index in [1.807, 2.05) is 0 Å². The fourth-order valence-corrected chi connectivity index (χ4v) is 1.52.